The van der Waals surface area contributed by atoms with E-state index in [1.807, 2.05) is 0 Å². The lowest BCUT2D eigenvalue weighted by atomic mass is 10.1. The van der Waals surface area contributed by atoms with E-state index in [4.69, 9.17) is 4.74 Å². The summed E-state index contributed by atoms with van der Waals surface area (Å²) >= 11 is 0. The van der Waals surface area contributed by atoms with E-state index in [2.05, 4.69) is 25.4 Å². The van der Waals surface area contributed by atoms with E-state index in [0.717, 1.165) is 12.3 Å². The van der Waals surface area contributed by atoms with Crippen molar-refractivity contribution in [2.24, 2.45) is 10.9 Å². The van der Waals surface area contributed by atoms with Gasteiger partial charge >= 0.3 is 0 Å². The molecule has 0 aromatic carbocycles. The fraction of sp³-hybridized carbons (Fsp3) is 0.625. The molecular formula is C8H15NO. The van der Waals surface area contributed by atoms with Crippen LogP contribution in [0.25, 0.3) is 0 Å². The van der Waals surface area contributed by atoms with Crippen LogP contribution in [0.4, 0.5) is 0 Å². The Hall–Kier alpha value is -0.790. The van der Waals surface area contributed by atoms with Crippen LogP contribution < -0.4 is 0 Å². The summed E-state index contributed by atoms with van der Waals surface area (Å²) in [5.41, 5.74) is 0. The van der Waals surface area contributed by atoms with Crippen molar-refractivity contribution in [1.82, 2.24) is 0 Å². The number of hydrogen-bond acceptors (Lipinski definition) is 2. The Balaban J connectivity index is 3.73. The molecule has 0 aromatic heterocycles. The van der Waals surface area contributed by atoms with Gasteiger partial charge in [0, 0.05) is 13.5 Å². The molecule has 0 aromatic rings. The van der Waals surface area contributed by atoms with E-state index in [1.165, 1.54) is 6.26 Å². The molecule has 0 saturated heterocycles. The van der Waals surface area contributed by atoms with Crippen LogP contribution in [0.3, 0.4) is 0 Å². The SMILES string of the molecule is C=COC(CC(C)C)=NC. The highest BCUT2D eigenvalue weighted by Gasteiger charge is 2.00. The lowest BCUT2D eigenvalue weighted by Gasteiger charge is -2.05. The first-order valence-corrected chi connectivity index (χ1v) is 3.44. The normalized spacial score (nSPS) is 11.8. The predicted octanol–water partition coefficient (Wildman–Crippen LogP) is 2.22. The van der Waals surface area contributed by atoms with Gasteiger partial charge in [-0.3, -0.25) is 4.99 Å². The molecular weight excluding hydrogens is 126 g/mol. The van der Waals surface area contributed by atoms with Crippen LogP contribution in [0.2, 0.25) is 0 Å². The molecule has 58 valence electrons. The largest absolute Gasteiger partial charge is 0.452 e. The third kappa shape index (κ3) is 4.13. The second kappa shape index (κ2) is 5.03. The molecule has 0 N–H and O–H groups in total. The minimum absolute atomic E-state index is 0.582. The summed E-state index contributed by atoms with van der Waals surface area (Å²) in [6.45, 7) is 7.70. The Labute approximate surface area is 62.6 Å². The summed E-state index contributed by atoms with van der Waals surface area (Å²) in [6.07, 6.45) is 2.28. The van der Waals surface area contributed by atoms with Crippen molar-refractivity contribution < 1.29 is 4.74 Å². The van der Waals surface area contributed by atoms with Crippen molar-refractivity contribution in [3.8, 4) is 0 Å². The average molecular weight is 141 g/mol. The maximum absolute atomic E-state index is 5.02. The highest BCUT2D eigenvalue weighted by molar-refractivity contribution is 5.76. The van der Waals surface area contributed by atoms with E-state index >= 15 is 0 Å². The van der Waals surface area contributed by atoms with Crippen LogP contribution in [-0.4, -0.2) is 12.9 Å². The molecule has 2 heteroatoms. The molecule has 0 spiro atoms. The fourth-order valence-electron chi connectivity index (χ4n) is 0.638. The van der Waals surface area contributed by atoms with Crippen molar-refractivity contribution in [2.45, 2.75) is 20.3 Å². The molecule has 0 saturated carbocycles. The third-order valence-corrected chi connectivity index (χ3v) is 1.05. The standard InChI is InChI=1S/C8H15NO/c1-5-10-8(9-4)6-7(2)3/h5,7H,1,6H2,2-4H3. The van der Waals surface area contributed by atoms with Crippen molar-refractivity contribution in [1.29, 1.82) is 0 Å². The highest BCUT2D eigenvalue weighted by Crippen LogP contribution is 2.02. The van der Waals surface area contributed by atoms with Gasteiger partial charge in [0.2, 0.25) is 0 Å². The summed E-state index contributed by atoms with van der Waals surface area (Å²) in [6, 6.07) is 0. The van der Waals surface area contributed by atoms with E-state index in [0.29, 0.717) is 5.92 Å². The zero-order valence-corrected chi connectivity index (χ0v) is 6.92. The minimum Gasteiger partial charge on any atom is -0.452 e. The van der Waals surface area contributed by atoms with Crippen LogP contribution in [0.15, 0.2) is 17.8 Å². The van der Waals surface area contributed by atoms with E-state index in [9.17, 15) is 0 Å². The fourth-order valence-corrected chi connectivity index (χ4v) is 0.638. The van der Waals surface area contributed by atoms with Crippen LogP contribution in [0, 0.1) is 5.92 Å². The first-order chi connectivity index (χ1) is 4.70. The lowest BCUT2D eigenvalue weighted by molar-refractivity contribution is 0.441. The Morgan fingerprint density at radius 2 is 2.30 bits per heavy atom. The van der Waals surface area contributed by atoms with Gasteiger partial charge in [-0.1, -0.05) is 20.4 Å². The Morgan fingerprint density at radius 1 is 1.70 bits per heavy atom. The zero-order valence-electron chi connectivity index (χ0n) is 6.92. The summed E-state index contributed by atoms with van der Waals surface area (Å²) in [7, 11) is 1.72. The van der Waals surface area contributed by atoms with Crippen LogP contribution in [0.5, 0.6) is 0 Å². The minimum atomic E-state index is 0.582. The highest BCUT2D eigenvalue weighted by atomic mass is 16.5. The second-order valence-electron chi connectivity index (χ2n) is 2.50. The molecule has 10 heavy (non-hydrogen) atoms. The molecule has 0 fully saturated rings. The van der Waals surface area contributed by atoms with E-state index < -0.39 is 0 Å². The number of nitrogens with zero attached hydrogens (tertiary/aromatic N) is 1. The van der Waals surface area contributed by atoms with Gasteiger partial charge in [0.15, 0.2) is 5.90 Å². The van der Waals surface area contributed by atoms with Gasteiger partial charge in [-0.2, -0.15) is 0 Å². The molecule has 2 nitrogen and oxygen atoms in total. The van der Waals surface area contributed by atoms with Gasteiger partial charge in [0.1, 0.15) is 0 Å². The Bertz CT molecular complexity index is 127. The molecule has 0 bridgehead atoms. The first-order valence-electron chi connectivity index (χ1n) is 3.44. The van der Waals surface area contributed by atoms with Gasteiger partial charge in [0.05, 0.1) is 6.26 Å². The van der Waals surface area contributed by atoms with Crippen LogP contribution >= 0.6 is 0 Å². The number of rotatable bonds is 3. The molecule has 0 heterocycles. The molecule has 0 aliphatic rings. The quantitative estimate of drug-likeness (QED) is 0.335. The maximum Gasteiger partial charge on any atom is 0.189 e. The van der Waals surface area contributed by atoms with E-state index in [1.54, 1.807) is 7.05 Å². The molecule has 0 unspecified atom stereocenters. The zero-order chi connectivity index (χ0) is 7.98. The monoisotopic (exact) mass is 141 g/mol. The average Bonchev–Trinajstić information content (AvgIpc) is 1.86. The molecule has 0 aliphatic carbocycles. The summed E-state index contributed by atoms with van der Waals surface area (Å²) in [5, 5.41) is 0. The summed E-state index contributed by atoms with van der Waals surface area (Å²) in [4.78, 5) is 3.94. The summed E-state index contributed by atoms with van der Waals surface area (Å²) < 4.78 is 5.02. The number of hydrogen-bond donors (Lipinski definition) is 0. The van der Waals surface area contributed by atoms with Gasteiger partial charge in [-0.15, -0.1) is 0 Å². The third-order valence-electron chi connectivity index (χ3n) is 1.05. The van der Waals surface area contributed by atoms with Gasteiger partial charge in [0.25, 0.3) is 0 Å². The van der Waals surface area contributed by atoms with Crippen molar-refractivity contribution >= 4 is 5.90 Å². The lowest BCUT2D eigenvalue weighted by Crippen LogP contribution is -2.04. The second-order valence-corrected chi connectivity index (χ2v) is 2.50. The maximum atomic E-state index is 5.02. The predicted molar refractivity (Wildman–Crippen MR) is 44.1 cm³/mol. The molecule has 0 aliphatic heterocycles. The van der Waals surface area contributed by atoms with Gasteiger partial charge < -0.3 is 4.74 Å². The Morgan fingerprint density at radius 3 is 2.60 bits per heavy atom. The van der Waals surface area contributed by atoms with Crippen molar-refractivity contribution in [3.63, 3.8) is 0 Å². The smallest absolute Gasteiger partial charge is 0.189 e. The molecule has 0 atom stereocenters. The van der Waals surface area contributed by atoms with Crippen LogP contribution in [0.1, 0.15) is 20.3 Å². The topological polar surface area (TPSA) is 21.6 Å². The van der Waals surface area contributed by atoms with Crippen molar-refractivity contribution in [2.75, 3.05) is 7.05 Å². The summed E-state index contributed by atoms with van der Waals surface area (Å²) in [5.74, 6) is 1.34. The first kappa shape index (κ1) is 9.21. The molecule has 0 rings (SSSR count). The van der Waals surface area contributed by atoms with Crippen LogP contribution in [-0.2, 0) is 4.74 Å². The van der Waals surface area contributed by atoms with Gasteiger partial charge in [-0.05, 0) is 5.92 Å². The van der Waals surface area contributed by atoms with E-state index in [-0.39, 0.29) is 0 Å². The number of ether oxygens (including phenoxy) is 1. The van der Waals surface area contributed by atoms with Gasteiger partial charge in [-0.25, -0.2) is 0 Å². The molecule has 0 amide bonds. The van der Waals surface area contributed by atoms with Crippen molar-refractivity contribution in [3.05, 3.63) is 12.8 Å². The number of aliphatic imine (C=N–C) groups is 1. The molecule has 0 radical (unpaired) electrons. The Kier molecular flexibility index (Phi) is 4.63.